The van der Waals surface area contributed by atoms with Crippen LogP contribution in [0.15, 0.2) is 98.0 Å². The van der Waals surface area contributed by atoms with Gasteiger partial charge in [-0.05, 0) is 166 Å². The summed E-state index contributed by atoms with van der Waals surface area (Å²) in [5.74, 6) is 7.41. The molecule has 0 saturated carbocycles. The van der Waals surface area contributed by atoms with Crippen LogP contribution < -0.4 is 0 Å². The number of thioether (sulfide) groups is 4. The van der Waals surface area contributed by atoms with Crippen molar-refractivity contribution in [3.63, 3.8) is 0 Å². The Bertz CT molecular complexity index is 3830. The number of nitriles is 4. The topological polar surface area (TPSA) is 132 Å². The summed E-state index contributed by atoms with van der Waals surface area (Å²) in [6.45, 7) is 28.3. The van der Waals surface area contributed by atoms with Gasteiger partial charge in [-0.1, -0.05) is 209 Å². The molecule has 2 heterocycles. The highest BCUT2D eigenvalue weighted by molar-refractivity contribution is 8.23. The van der Waals surface area contributed by atoms with E-state index in [1.807, 2.05) is 108 Å². The highest BCUT2D eigenvalue weighted by Crippen LogP contribution is 2.61. The summed E-state index contributed by atoms with van der Waals surface area (Å²) in [4.78, 5) is 18.9. The van der Waals surface area contributed by atoms with E-state index in [4.69, 9.17) is 0 Å². The molecule has 0 radical (unpaired) electrons. The van der Waals surface area contributed by atoms with Gasteiger partial charge < -0.3 is 5.11 Å². The molecule has 0 saturated heterocycles. The molecule has 3 aromatic carbocycles. The first kappa shape index (κ1) is 75.0. The van der Waals surface area contributed by atoms with Crippen molar-refractivity contribution >= 4 is 104 Å². The van der Waals surface area contributed by atoms with E-state index in [2.05, 4.69) is 132 Å². The molecular formula is C84H102N4O2S6. The van der Waals surface area contributed by atoms with Crippen molar-refractivity contribution in [2.75, 3.05) is 23.0 Å². The average molecular weight is 1390 g/mol. The molecule has 0 spiro atoms. The molecular weight excluding hydrogens is 1290 g/mol. The number of hydrogen-bond acceptors (Lipinski definition) is 12. The van der Waals surface area contributed by atoms with Gasteiger partial charge in [-0.3, -0.25) is 4.79 Å². The number of Topliss-reactive ketones (excluding diaryl/α,β-unsaturated/α-hetero) is 1. The molecule has 2 aromatic heterocycles. The molecule has 6 unspecified atom stereocenters. The molecule has 6 nitrogen and oxygen atoms in total. The number of benzene rings is 3. The fraction of sp³-hybridized carbons (Fsp3) is 0.512. The van der Waals surface area contributed by atoms with Crippen LogP contribution in [0.3, 0.4) is 0 Å². The molecule has 5 aromatic rings. The summed E-state index contributed by atoms with van der Waals surface area (Å²) in [6.07, 6.45) is 22.4. The van der Waals surface area contributed by atoms with Gasteiger partial charge in [0.25, 0.3) is 0 Å². The number of aliphatic hydroxyl groups excluding tert-OH is 1. The van der Waals surface area contributed by atoms with Crippen LogP contribution in [0.5, 0.6) is 0 Å². The molecule has 0 amide bonds. The molecule has 0 bridgehead atoms. The predicted molar refractivity (Wildman–Crippen MR) is 419 cm³/mol. The third kappa shape index (κ3) is 18.4. The smallest absolute Gasteiger partial charge is 0.190 e. The van der Waals surface area contributed by atoms with E-state index in [0.29, 0.717) is 75.2 Å². The molecule has 4 aliphatic rings. The lowest BCUT2D eigenvalue weighted by molar-refractivity contribution is 0.103. The van der Waals surface area contributed by atoms with Gasteiger partial charge in [0.1, 0.15) is 29.7 Å². The van der Waals surface area contributed by atoms with E-state index < -0.39 is 17.9 Å². The van der Waals surface area contributed by atoms with Crippen molar-refractivity contribution in [3.05, 3.63) is 152 Å². The highest BCUT2D eigenvalue weighted by Gasteiger charge is 2.42. The zero-order chi connectivity index (χ0) is 68.7. The van der Waals surface area contributed by atoms with Crippen LogP contribution in [0, 0.1) is 98.6 Å². The van der Waals surface area contributed by atoms with Crippen molar-refractivity contribution in [1.29, 1.82) is 21.0 Å². The predicted octanol–water partition coefficient (Wildman–Crippen LogP) is 25.5. The minimum atomic E-state index is -1.02. The second kappa shape index (κ2) is 35.7. The first-order valence-corrected chi connectivity index (χ1v) is 41.5. The number of hydrogen-bond donors (Lipinski definition) is 1. The van der Waals surface area contributed by atoms with Crippen LogP contribution in [0.1, 0.15) is 257 Å². The number of carbonyl (C=O) groups is 1. The number of aliphatic hydroxyl groups is 1. The summed E-state index contributed by atoms with van der Waals surface area (Å²) < 4.78 is 2.69. The lowest BCUT2D eigenvalue weighted by Crippen LogP contribution is -2.10. The van der Waals surface area contributed by atoms with Crippen LogP contribution in [-0.4, -0.2) is 33.9 Å². The number of thiophene rings is 2. The Morgan fingerprint density at radius 2 is 0.823 bits per heavy atom. The van der Waals surface area contributed by atoms with E-state index >= 15 is 0 Å². The van der Waals surface area contributed by atoms with Gasteiger partial charge in [-0.25, -0.2) is 0 Å². The number of nitrogens with zero attached hydrogens (tertiary/aromatic N) is 4. The number of carbonyl (C=O) groups excluding carboxylic acids is 1. The van der Waals surface area contributed by atoms with Crippen molar-refractivity contribution in [2.24, 2.45) is 53.3 Å². The molecule has 12 heteroatoms. The third-order valence-corrected chi connectivity index (χ3v) is 27.1. The van der Waals surface area contributed by atoms with E-state index in [1.165, 1.54) is 140 Å². The van der Waals surface area contributed by atoms with Gasteiger partial charge in [0, 0.05) is 84.0 Å². The molecule has 506 valence electrons. The van der Waals surface area contributed by atoms with Crippen molar-refractivity contribution < 1.29 is 9.90 Å². The van der Waals surface area contributed by atoms with E-state index in [1.54, 1.807) is 22.7 Å². The number of allylic oxidation sites excluding steroid dienone is 2. The Kier molecular flexibility index (Phi) is 27.9. The van der Waals surface area contributed by atoms with Gasteiger partial charge in [0.2, 0.25) is 0 Å². The quantitative estimate of drug-likeness (QED) is 0.0302. The summed E-state index contributed by atoms with van der Waals surface area (Å²) in [6, 6.07) is 33.7. The van der Waals surface area contributed by atoms with Crippen LogP contribution in [-0.2, 0) is 0 Å². The van der Waals surface area contributed by atoms with Gasteiger partial charge in [-0.15, -0.1) is 69.7 Å². The molecule has 0 aliphatic heterocycles. The van der Waals surface area contributed by atoms with E-state index in [0.717, 1.165) is 69.6 Å². The minimum absolute atomic E-state index is 0.00470. The van der Waals surface area contributed by atoms with Gasteiger partial charge in [-0.2, -0.15) is 21.0 Å². The average Bonchev–Trinajstić information content (AvgIpc) is 1.55. The molecule has 4 aliphatic carbocycles. The Morgan fingerprint density at radius 3 is 1.21 bits per heavy atom. The highest BCUT2D eigenvalue weighted by atomic mass is 32.2. The lowest BCUT2D eigenvalue weighted by Gasteiger charge is -2.18. The Balaban J connectivity index is 1.26. The Morgan fingerprint density at radius 1 is 0.448 bits per heavy atom. The SMILES string of the molecule is CC(C)CCCC(C)CCSC(SCCC(C)CCCC(C)C)=C1c2cc3c(cc2-c2sc(/C=C4/C(=C(C#N)C#N)c5ccccc5C4O)cc21)C(=C(SCCC(C)CCCC(C)C)SCCC(C)CCCC(C)C)c1cc(/C=C2\C(=O)c4ccccc4C2C(C#N)C#N)sc1-3. The van der Waals surface area contributed by atoms with Gasteiger partial charge in [0.15, 0.2) is 5.78 Å². The number of rotatable bonds is 35. The maximum Gasteiger partial charge on any atom is 0.190 e. The standard InChI is InChI=1S/C84H102N4O2S6/c1-51(2)21-17-25-55(9)33-37-91-83(92-38-34-56(10)26-18-22-52(3)4)77-67-45-70-68(46-69(67)81-73(77)43-61(95-81)41-71-75(59(47-85)48-86)63-29-13-15-31-65(63)79(71)89)78(84(93-39-35-57(11)27-19-23-53(5)6)94-40-36-58(12)28-20-24-54(7)8)74-44-62(96-82(70)74)42-72-76(60(49-87)50-88)64-30-14-16-32-66(64)80(72)90/h13-16,29-32,41-46,51-59,75,80,90H,17-28,33-40H2,1-12H3/b71-41-,72-42-,83-77?,84-78?. The molecule has 6 atom stereocenters. The Labute approximate surface area is 602 Å². The first-order valence-electron chi connectivity index (χ1n) is 35.9. The van der Waals surface area contributed by atoms with E-state index in [-0.39, 0.29) is 11.4 Å². The lowest BCUT2D eigenvalue weighted by atomic mass is 9.86. The van der Waals surface area contributed by atoms with Crippen molar-refractivity contribution in [1.82, 2.24) is 0 Å². The number of fused-ring (bicyclic) bond motifs is 8. The van der Waals surface area contributed by atoms with Gasteiger partial charge >= 0.3 is 0 Å². The fourth-order valence-electron chi connectivity index (χ4n) is 14.1. The second-order valence-corrected chi connectivity index (χ2v) is 36.7. The molecule has 9 rings (SSSR count). The normalized spacial score (nSPS) is 17.2. The maximum absolute atomic E-state index is 14.6. The van der Waals surface area contributed by atoms with Crippen molar-refractivity contribution in [2.45, 2.75) is 198 Å². The number of ketones is 1. The first-order chi connectivity index (χ1) is 46.2. The molecule has 1 N–H and O–H groups in total. The van der Waals surface area contributed by atoms with Crippen LogP contribution >= 0.6 is 69.7 Å². The summed E-state index contributed by atoms with van der Waals surface area (Å²) in [5.41, 5.74) is 14.0. The maximum atomic E-state index is 14.6. The van der Waals surface area contributed by atoms with Gasteiger partial charge in [0.05, 0.1) is 12.1 Å². The van der Waals surface area contributed by atoms with Crippen molar-refractivity contribution in [3.8, 4) is 45.2 Å². The minimum Gasteiger partial charge on any atom is -0.384 e. The van der Waals surface area contributed by atoms with Crippen LogP contribution in [0.4, 0.5) is 0 Å². The molecule has 96 heavy (non-hydrogen) atoms. The largest absolute Gasteiger partial charge is 0.384 e. The van der Waals surface area contributed by atoms with Crippen LogP contribution in [0.25, 0.3) is 49.8 Å². The molecule has 0 fully saturated rings. The zero-order valence-electron chi connectivity index (χ0n) is 59.2. The summed E-state index contributed by atoms with van der Waals surface area (Å²) in [5, 5.41) is 54.0. The zero-order valence-corrected chi connectivity index (χ0v) is 64.1. The van der Waals surface area contributed by atoms with E-state index in [9.17, 15) is 30.9 Å². The Hall–Kier alpha value is -5.25. The third-order valence-electron chi connectivity index (χ3n) is 19.8. The monoisotopic (exact) mass is 1390 g/mol. The summed E-state index contributed by atoms with van der Waals surface area (Å²) in [7, 11) is 0. The fourth-order valence-corrected chi connectivity index (χ4v) is 22.4. The second-order valence-electron chi connectivity index (χ2n) is 29.6. The summed E-state index contributed by atoms with van der Waals surface area (Å²) >= 11 is 11.6. The van der Waals surface area contributed by atoms with Crippen LogP contribution in [0.2, 0.25) is 0 Å².